The fraction of sp³-hybridized carbons (Fsp3) is 0.625. The summed E-state index contributed by atoms with van der Waals surface area (Å²) in [5.41, 5.74) is 0. The molecular weight excluding hydrogens is 170 g/mol. The number of hydrogen-bond acceptors (Lipinski definition) is 3. The van der Waals surface area contributed by atoms with Crippen LogP contribution in [0, 0.1) is 5.92 Å². The molecule has 1 aromatic heterocycles. The van der Waals surface area contributed by atoms with Crippen LogP contribution in [0.1, 0.15) is 30.3 Å². The molecule has 5 heteroatoms. The number of aromatic nitrogens is 3. The number of nitrogens with zero attached hydrogens (tertiary/aromatic N) is 3. The van der Waals surface area contributed by atoms with E-state index in [0.29, 0.717) is 11.7 Å². The van der Waals surface area contributed by atoms with Gasteiger partial charge in [-0.25, -0.2) is 9.78 Å². The Morgan fingerprint density at radius 3 is 2.62 bits per heavy atom. The van der Waals surface area contributed by atoms with Crippen LogP contribution in [0.5, 0.6) is 0 Å². The van der Waals surface area contributed by atoms with Gasteiger partial charge in [0.05, 0.1) is 0 Å². The first-order valence-corrected chi connectivity index (χ1v) is 4.14. The molecule has 5 nitrogen and oxygen atoms in total. The van der Waals surface area contributed by atoms with Crippen molar-refractivity contribution < 1.29 is 9.90 Å². The summed E-state index contributed by atoms with van der Waals surface area (Å²) in [6.07, 6.45) is 0.747. The molecule has 0 aromatic carbocycles. The van der Waals surface area contributed by atoms with E-state index in [1.807, 2.05) is 0 Å². The second-order valence-electron chi connectivity index (χ2n) is 3.38. The standard InChI is InChI=1S/C8H13N3O2/c1-5(2)4-6-9-7(8(12)13)10-11(6)3/h5H,4H2,1-3H3,(H,12,13). The van der Waals surface area contributed by atoms with Crippen molar-refractivity contribution in [2.45, 2.75) is 20.3 Å². The van der Waals surface area contributed by atoms with Gasteiger partial charge >= 0.3 is 5.97 Å². The molecule has 0 unspecified atom stereocenters. The van der Waals surface area contributed by atoms with E-state index in [4.69, 9.17) is 5.11 Å². The molecule has 0 spiro atoms. The first-order valence-electron chi connectivity index (χ1n) is 4.14. The zero-order valence-electron chi connectivity index (χ0n) is 7.98. The lowest BCUT2D eigenvalue weighted by Gasteiger charge is -2.01. The summed E-state index contributed by atoms with van der Waals surface area (Å²) in [5, 5.41) is 12.4. The highest BCUT2D eigenvalue weighted by Gasteiger charge is 2.13. The molecule has 0 bridgehead atoms. The van der Waals surface area contributed by atoms with Gasteiger partial charge in [-0.2, -0.15) is 0 Å². The van der Waals surface area contributed by atoms with Crippen LogP contribution in [-0.4, -0.2) is 25.8 Å². The molecule has 0 atom stereocenters. The van der Waals surface area contributed by atoms with Crippen molar-refractivity contribution in [1.82, 2.24) is 14.8 Å². The highest BCUT2D eigenvalue weighted by molar-refractivity contribution is 5.82. The number of hydrogen-bond donors (Lipinski definition) is 1. The summed E-state index contributed by atoms with van der Waals surface area (Å²) in [4.78, 5) is 14.4. The molecule has 0 saturated carbocycles. The Labute approximate surface area is 76.4 Å². The van der Waals surface area contributed by atoms with Crippen molar-refractivity contribution in [2.75, 3.05) is 0 Å². The van der Waals surface area contributed by atoms with Gasteiger partial charge in [-0.15, -0.1) is 5.10 Å². The summed E-state index contributed by atoms with van der Waals surface area (Å²) in [7, 11) is 1.71. The minimum atomic E-state index is -1.08. The molecule has 0 radical (unpaired) electrons. The molecule has 1 rings (SSSR count). The third-order valence-electron chi connectivity index (χ3n) is 1.64. The van der Waals surface area contributed by atoms with Crippen molar-refractivity contribution in [3.8, 4) is 0 Å². The highest BCUT2D eigenvalue weighted by atomic mass is 16.4. The third-order valence-corrected chi connectivity index (χ3v) is 1.64. The van der Waals surface area contributed by atoms with Gasteiger partial charge in [0.1, 0.15) is 5.82 Å². The average Bonchev–Trinajstić information content (AvgIpc) is 2.31. The Kier molecular flexibility index (Phi) is 2.65. The molecule has 1 N–H and O–H groups in total. The van der Waals surface area contributed by atoms with Crippen LogP contribution in [-0.2, 0) is 13.5 Å². The normalized spacial score (nSPS) is 10.8. The molecular formula is C8H13N3O2. The van der Waals surface area contributed by atoms with E-state index in [1.165, 1.54) is 4.68 Å². The zero-order valence-corrected chi connectivity index (χ0v) is 7.98. The molecule has 0 saturated heterocycles. The Morgan fingerprint density at radius 1 is 1.62 bits per heavy atom. The highest BCUT2D eigenvalue weighted by Crippen LogP contribution is 2.04. The van der Waals surface area contributed by atoms with Gasteiger partial charge in [0.25, 0.3) is 5.82 Å². The predicted molar refractivity (Wildman–Crippen MR) is 46.5 cm³/mol. The molecule has 0 aliphatic carbocycles. The van der Waals surface area contributed by atoms with Crippen molar-refractivity contribution in [1.29, 1.82) is 0 Å². The average molecular weight is 183 g/mol. The molecule has 72 valence electrons. The number of aromatic carboxylic acids is 1. The lowest BCUT2D eigenvalue weighted by molar-refractivity contribution is 0.0683. The molecule has 0 aliphatic rings. The van der Waals surface area contributed by atoms with Crippen molar-refractivity contribution >= 4 is 5.97 Å². The van der Waals surface area contributed by atoms with Crippen LogP contribution in [0.25, 0.3) is 0 Å². The van der Waals surface area contributed by atoms with Crippen LogP contribution in [0.15, 0.2) is 0 Å². The van der Waals surface area contributed by atoms with Crippen LogP contribution in [0.3, 0.4) is 0 Å². The Morgan fingerprint density at radius 2 is 2.23 bits per heavy atom. The molecule has 13 heavy (non-hydrogen) atoms. The lowest BCUT2D eigenvalue weighted by atomic mass is 10.1. The molecule has 1 heterocycles. The monoisotopic (exact) mass is 183 g/mol. The van der Waals surface area contributed by atoms with Crippen molar-refractivity contribution in [2.24, 2.45) is 13.0 Å². The topological polar surface area (TPSA) is 68.0 Å². The smallest absolute Gasteiger partial charge is 0.375 e. The summed E-state index contributed by atoms with van der Waals surface area (Å²) in [6.45, 7) is 4.10. The summed E-state index contributed by atoms with van der Waals surface area (Å²) >= 11 is 0. The zero-order chi connectivity index (χ0) is 10.0. The van der Waals surface area contributed by atoms with E-state index in [-0.39, 0.29) is 5.82 Å². The van der Waals surface area contributed by atoms with Crippen LogP contribution in [0.2, 0.25) is 0 Å². The van der Waals surface area contributed by atoms with Gasteiger partial charge in [0.2, 0.25) is 0 Å². The maximum absolute atomic E-state index is 10.5. The van der Waals surface area contributed by atoms with E-state index in [9.17, 15) is 4.79 Å². The van der Waals surface area contributed by atoms with Crippen molar-refractivity contribution in [3.05, 3.63) is 11.6 Å². The Bertz CT molecular complexity index is 317. The van der Waals surface area contributed by atoms with Crippen LogP contribution in [0.4, 0.5) is 0 Å². The van der Waals surface area contributed by atoms with E-state index < -0.39 is 5.97 Å². The quantitative estimate of drug-likeness (QED) is 0.749. The first-order chi connectivity index (χ1) is 6.00. The fourth-order valence-electron chi connectivity index (χ4n) is 1.05. The van der Waals surface area contributed by atoms with E-state index in [1.54, 1.807) is 7.05 Å². The lowest BCUT2D eigenvalue weighted by Crippen LogP contribution is -2.03. The third kappa shape index (κ3) is 2.27. The van der Waals surface area contributed by atoms with Crippen molar-refractivity contribution in [3.63, 3.8) is 0 Å². The number of carboxylic acid groups (broad SMARTS) is 1. The summed E-state index contributed by atoms with van der Waals surface area (Å²) in [6, 6.07) is 0. The Balaban J connectivity index is 2.90. The van der Waals surface area contributed by atoms with Gasteiger partial charge in [0, 0.05) is 13.5 Å². The van der Waals surface area contributed by atoms with Crippen LogP contribution >= 0.6 is 0 Å². The van der Waals surface area contributed by atoms with Gasteiger partial charge in [0.15, 0.2) is 0 Å². The van der Waals surface area contributed by atoms with Gasteiger partial charge in [-0.05, 0) is 5.92 Å². The molecule has 0 amide bonds. The minimum absolute atomic E-state index is 0.127. The maximum atomic E-state index is 10.5. The van der Waals surface area contributed by atoms with Gasteiger partial charge in [-0.1, -0.05) is 13.8 Å². The summed E-state index contributed by atoms with van der Waals surface area (Å²) in [5.74, 6) is -0.0410. The fourth-order valence-corrected chi connectivity index (χ4v) is 1.05. The molecule has 0 aliphatic heterocycles. The number of aryl methyl sites for hydroxylation is 1. The SMILES string of the molecule is CC(C)Cc1nc(C(=O)O)nn1C. The second kappa shape index (κ2) is 3.55. The van der Waals surface area contributed by atoms with Crippen LogP contribution < -0.4 is 0 Å². The largest absolute Gasteiger partial charge is 0.475 e. The minimum Gasteiger partial charge on any atom is -0.475 e. The van der Waals surface area contributed by atoms with Gasteiger partial charge < -0.3 is 5.11 Å². The van der Waals surface area contributed by atoms with E-state index >= 15 is 0 Å². The molecule has 1 aromatic rings. The number of rotatable bonds is 3. The van der Waals surface area contributed by atoms with Gasteiger partial charge in [-0.3, -0.25) is 4.68 Å². The number of carbonyl (C=O) groups is 1. The summed E-state index contributed by atoms with van der Waals surface area (Å²) < 4.78 is 1.52. The predicted octanol–water partition coefficient (Wildman–Crippen LogP) is 0.712. The molecule has 0 fully saturated rings. The number of carboxylic acids is 1. The second-order valence-corrected chi connectivity index (χ2v) is 3.38. The van der Waals surface area contributed by atoms with E-state index in [2.05, 4.69) is 23.9 Å². The first kappa shape index (κ1) is 9.70. The van der Waals surface area contributed by atoms with E-state index in [0.717, 1.165) is 6.42 Å². The Hall–Kier alpha value is -1.39. The maximum Gasteiger partial charge on any atom is 0.375 e.